The summed E-state index contributed by atoms with van der Waals surface area (Å²) in [5, 5.41) is 0.459. The molecule has 0 saturated heterocycles. The van der Waals surface area contributed by atoms with E-state index in [1.54, 1.807) is 42.5 Å². The molecule has 3 aromatic carbocycles. The zero-order valence-corrected chi connectivity index (χ0v) is 18.8. The lowest BCUT2D eigenvalue weighted by Crippen LogP contribution is -2.32. The van der Waals surface area contributed by atoms with Gasteiger partial charge in [-0.15, -0.1) is 11.3 Å². The number of carbonyl (C=O) groups excluding carboxylic acids is 1. The molecule has 0 radical (unpaired) electrons. The number of hydrogen-bond donors (Lipinski definition) is 0. The molecule has 160 valence electrons. The summed E-state index contributed by atoms with van der Waals surface area (Å²) in [7, 11) is 0. The van der Waals surface area contributed by atoms with Gasteiger partial charge in [0.25, 0.3) is 5.56 Å². The molecular weight excluding hydrogens is 445 g/mol. The molecule has 0 fully saturated rings. The summed E-state index contributed by atoms with van der Waals surface area (Å²) in [5.74, 6) is -0.638. The van der Waals surface area contributed by atoms with Gasteiger partial charge in [-0.3, -0.25) is 14.2 Å². The first-order valence-electron chi connectivity index (χ1n) is 9.93. The maximum absolute atomic E-state index is 13.7. The Morgan fingerprint density at radius 1 is 1.06 bits per heavy atom. The van der Waals surface area contributed by atoms with Gasteiger partial charge in [0.05, 0.1) is 11.1 Å². The first kappa shape index (κ1) is 21.9. The topological polar surface area (TPSA) is 39.1 Å². The molecule has 0 aliphatic carbocycles. The van der Waals surface area contributed by atoms with Gasteiger partial charge in [0.2, 0.25) is 0 Å². The first-order valence-corrected chi connectivity index (χ1v) is 11.1. The third-order valence-electron chi connectivity index (χ3n) is 4.91. The van der Waals surface area contributed by atoms with Crippen LogP contribution in [0.15, 0.2) is 77.6 Å². The van der Waals surface area contributed by atoms with E-state index >= 15 is 0 Å². The van der Waals surface area contributed by atoms with Gasteiger partial charge >= 0.3 is 0 Å². The molecule has 0 saturated carbocycles. The van der Waals surface area contributed by atoms with Gasteiger partial charge in [-0.1, -0.05) is 65.7 Å². The van der Waals surface area contributed by atoms with Gasteiger partial charge in [0.15, 0.2) is 5.78 Å². The smallest absolute Gasteiger partial charge is 0.269 e. The molecule has 0 unspecified atom stereocenters. The number of carbonyl (C=O) groups is 1. The normalized spacial score (nSPS) is 12.3. The van der Waals surface area contributed by atoms with Crippen molar-refractivity contribution in [3.05, 3.63) is 125 Å². The van der Waals surface area contributed by atoms with E-state index in [1.807, 2.05) is 31.2 Å². The molecule has 4 aromatic rings. The summed E-state index contributed by atoms with van der Waals surface area (Å²) < 4.78 is 16.2. The van der Waals surface area contributed by atoms with Crippen molar-refractivity contribution in [2.24, 2.45) is 0 Å². The molecule has 0 aliphatic heterocycles. The number of hydrogen-bond acceptors (Lipinski definition) is 3. The average molecular weight is 464 g/mol. The maximum atomic E-state index is 13.7. The van der Waals surface area contributed by atoms with E-state index in [2.05, 4.69) is 0 Å². The zero-order chi connectivity index (χ0) is 22.7. The standard InChI is InChI=1S/C26H19ClFNO2S/c1-17-8-10-18(11-9-17)13-24-26(31)29(16-19-4-2-7-22(28)12-19)25(32-24)15-23(30)20-5-3-6-21(27)14-20/h2-15H,16H2,1H3/b24-13+,25-15-. The second-order valence-corrected chi connectivity index (χ2v) is 8.90. The van der Waals surface area contributed by atoms with Crippen LogP contribution >= 0.6 is 22.9 Å². The van der Waals surface area contributed by atoms with Crippen molar-refractivity contribution < 1.29 is 9.18 Å². The van der Waals surface area contributed by atoms with Crippen molar-refractivity contribution >= 4 is 40.9 Å². The molecule has 0 amide bonds. The fraction of sp³-hybridized carbons (Fsp3) is 0.0769. The summed E-state index contributed by atoms with van der Waals surface area (Å²) in [4.78, 5) is 26.1. The number of nitrogens with zero attached hydrogens (tertiary/aromatic N) is 1. The summed E-state index contributed by atoms with van der Waals surface area (Å²) in [6.45, 7) is 2.15. The molecule has 3 nitrogen and oxygen atoms in total. The minimum atomic E-state index is -0.377. The van der Waals surface area contributed by atoms with Crippen molar-refractivity contribution in [2.45, 2.75) is 13.5 Å². The second-order valence-electron chi connectivity index (χ2n) is 7.40. The highest BCUT2D eigenvalue weighted by Crippen LogP contribution is 2.12. The quantitative estimate of drug-likeness (QED) is 0.407. The number of aromatic nitrogens is 1. The van der Waals surface area contributed by atoms with E-state index in [1.165, 1.54) is 34.1 Å². The number of thiazole rings is 1. The van der Waals surface area contributed by atoms with E-state index in [4.69, 9.17) is 11.6 Å². The van der Waals surface area contributed by atoms with E-state index < -0.39 is 0 Å². The zero-order valence-electron chi connectivity index (χ0n) is 17.2. The highest BCUT2D eigenvalue weighted by molar-refractivity contribution is 7.07. The van der Waals surface area contributed by atoms with Crippen molar-refractivity contribution in [3.63, 3.8) is 0 Å². The van der Waals surface area contributed by atoms with Crippen LogP contribution in [0.4, 0.5) is 4.39 Å². The number of halogens is 2. The fourth-order valence-electron chi connectivity index (χ4n) is 3.26. The number of Topliss-reactive ketones (excluding diaryl/α,β-unsaturated/α-hetero) is 1. The second kappa shape index (κ2) is 9.47. The lowest BCUT2D eigenvalue weighted by atomic mass is 10.1. The molecule has 0 bridgehead atoms. The van der Waals surface area contributed by atoms with Crippen LogP contribution in [-0.4, -0.2) is 10.4 Å². The molecule has 0 spiro atoms. The lowest BCUT2D eigenvalue weighted by Gasteiger charge is -2.03. The Balaban J connectivity index is 1.85. The summed E-state index contributed by atoms with van der Waals surface area (Å²) in [6.07, 6.45) is 3.24. The Morgan fingerprint density at radius 2 is 1.81 bits per heavy atom. The minimum Gasteiger partial charge on any atom is -0.294 e. The van der Waals surface area contributed by atoms with Gasteiger partial charge < -0.3 is 0 Å². The molecular formula is C26H19ClFNO2S. The molecule has 32 heavy (non-hydrogen) atoms. The van der Waals surface area contributed by atoms with E-state index in [9.17, 15) is 14.0 Å². The van der Waals surface area contributed by atoms with E-state index in [0.717, 1.165) is 11.1 Å². The number of benzene rings is 3. The van der Waals surface area contributed by atoms with Crippen LogP contribution in [0.5, 0.6) is 0 Å². The van der Waals surface area contributed by atoms with Gasteiger partial charge in [-0.2, -0.15) is 0 Å². The van der Waals surface area contributed by atoms with E-state index in [0.29, 0.717) is 25.3 Å². The van der Waals surface area contributed by atoms with E-state index in [-0.39, 0.29) is 23.7 Å². The van der Waals surface area contributed by atoms with Crippen LogP contribution in [-0.2, 0) is 6.54 Å². The molecule has 1 aromatic heterocycles. The van der Waals surface area contributed by atoms with Crippen LogP contribution in [0.25, 0.3) is 12.2 Å². The Hall–Kier alpha value is -3.28. The first-order chi connectivity index (χ1) is 15.4. The third kappa shape index (κ3) is 5.13. The van der Waals surface area contributed by atoms with Crippen molar-refractivity contribution in [2.75, 3.05) is 0 Å². The van der Waals surface area contributed by atoms with Crippen LogP contribution in [0.1, 0.15) is 27.0 Å². The van der Waals surface area contributed by atoms with Crippen LogP contribution in [0.2, 0.25) is 5.02 Å². The van der Waals surface area contributed by atoms with Crippen molar-refractivity contribution in [3.8, 4) is 0 Å². The van der Waals surface area contributed by atoms with Gasteiger partial charge in [0, 0.05) is 16.7 Å². The average Bonchev–Trinajstić information content (AvgIpc) is 3.04. The minimum absolute atomic E-state index is 0.156. The molecule has 0 aliphatic rings. The number of ketones is 1. The van der Waals surface area contributed by atoms with Gasteiger partial charge in [-0.05, 0) is 48.4 Å². The summed E-state index contributed by atoms with van der Waals surface area (Å²) >= 11 is 7.24. The number of aryl methyl sites for hydroxylation is 1. The fourth-order valence-corrected chi connectivity index (χ4v) is 4.49. The highest BCUT2D eigenvalue weighted by atomic mass is 35.5. The van der Waals surface area contributed by atoms with Crippen LogP contribution in [0, 0.1) is 12.7 Å². The summed E-state index contributed by atoms with van der Waals surface area (Å²) in [6, 6.07) is 20.6. The third-order valence-corrected chi connectivity index (χ3v) is 6.20. The number of rotatable bonds is 5. The Morgan fingerprint density at radius 3 is 2.53 bits per heavy atom. The molecule has 4 rings (SSSR count). The lowest BCUT2D eigenvalue weighted by molar-refractivity contribution is 0.106. The molecule has 1 heterocycles. The SMILES string of the molecule is Cc1ccc(/C=c2/s/c(=C\C(=O)c3cccc(Cl)c3)n(Cc3cccc(F)c3)c2=O)cc1. The van der Waals surface area contributed by atoms with Gasteiger partial charge in [-0.25, -0.2) is 4.39 Å². The maximum Gasteiger partial charge on any atom is 0.269 e. The monoisotopic (exact) mass is 463 g/mol. The highest BCUT2D eigenvalue weighted by Gasteiger charge is 2.10. The van der Waals surface area contributed by atoms with Gasteiger partial charge in [0.1, 0.15) is 10.5 Å². The Bertz CT molecular complexity index is 1470. The largest absolute Gasteiger partial charge is 0.294 e. The Kier molecular flexibility index (Phi) is 6.49. The summed E-state index contributed by atoms with van der Waals surface area (Å²) in [5.41, 5.74) is 2.85. The Labute approximate surface area is 193 Å². The van der Waals surface area contributed by atoms with Crippen molar-refractivity contribution in [1.82, 2.24) is 4.57 Å². The molecule has 6 heteroatoms. The van der Waals surface area contributed by atoms with Crippen LogP contribution < -0.4 is 14.8 Å². The predicted molar refractivity (Wildman–Crippen MR) is 128 cm³/mol. The molecule has 0 atom stereocenters. The van der Waals surface area contributed by atoms with Crippen molar-refractivity contribution in [1.29, 1.82) is 0 Å². The predicted octanol–water partition coefficient (Wildman–Crippen LogP) is 4.55. The molecule has 0 N–H and O–H groups in total. The van der Waals surface area contributed by atoms with Crippen LogP contribution in [0.3, 0.4) is 0 Å².